The van der Waals surface area contributed by atoms with Crippen molar-refractivity contribution in [2.75, 3.05) is 13.1 Å². The molecule has 0 unspecified atom stereocenters. The van der Waals surface area contributed by atoms with E-state index in [-0.39, 0.29) is 5.41 Å². The molecule has 0 spiro atoms. The third-order valence-corrected chi connectivity index (χ3v) is 6.67. The fraction of sp³-hybridized carbons (Fsp3) is 0.455. The van der Waals surface area contributed by atoms with Gasteiger partial charge in [0.25, 0.3) is 0 Å². The van der Waals surface area contributed by atoms with Crippen LogP contribution in [0.15, 0.2) is 48.5 Å². The van der Waals surface area contributed by atoms with Crippen LogP contribution in [-0.2, 0) is 11.8 Å². The van der Waals surface area contributed by atoms with Crippen molar-refractivity contribution in [1.29, 1.82) is 0 Å². The second kappa shape index (κ2) is 7.01. The lowest BCUT2D eigenvalue weighted by molar-refractivity contribution is 0.0524. The second-order valence-electron chi connectivity index (χ2n) is 7.71. The summed E-state index contributed by atoms with van der Waals surface area (Å²) in [5.74, 6) is 0.398. The number of halogens is 1. The Balaban J connectivity index is 1.46. The molecule has 0 aromatic heterocycles. The Hall–Kier alpha value is -1.51. The number of nitrogens with zero attached hydrogens (tertiary/aromatic N) is 1. The summed E-state index contributed by atoms with van der Waals surface area (Å²) in [6, 6.07) is 16.8. The maximum absolute atomic E-state index is 9.90. The fourth-order valence-corrected chi connectivity index (χ4v) is 5.14. The van der Waals surface area contributed by atoms with Crippen LogP contribution in [0.25, 0.3) is 0 Å². The van der Waals surface area contributed by atoms with Crippen molar-refractivity contribution in [3.63, 3.8) is 0 Å². The predicted octanol–water partition coefficient (Wildman–Crippen LogP) is 5.17. The molecule has 132 valence electrons. The average molecular weight is 356 g/mol. The van der Waals surface area contributed by atoms with Crippen LogP contribution >= 0.6 is 11.6 Å². The van der Waals surface area contributed by atoms with Gasteiger partial charge in [-0.25, -0.2) is 0 Å². The quantitative estimate of drug-likeness (QED) is 0.817. The summed E-state index contributed by atoms with van der Waals surface area (Å²) >= 11 is 6.32. The van der Waals surface area contributed by atoms with Crippen LogP contribution < -0.4 is 0 Å². The number of aromatic hydroxyl groups is 1. The van der Waals surface area contributed by atoms with Gasteiger partial charge >= 0.3 is 0 Å². The fourth-order valence-electron chi connectivity index (χ4n) is 4.91. The Labute approximate surface area is 155 Å². The maximum Gasteiger partial charge on any atom is 0.115 e. The van der Waals surface area contributed by atoms with Crippen molar-refractivity contribution in [3.05, 3.63) is 64.7 Å². The molecule has 1 saturated carbocycles. The van der Waals surface area contributed by atoms with Gasteiger partial charge in [-0.15, -0.1) is 0 Å². The van der Waals surface area contributed by atoms with Crippen LogP contribution in [0.5, 0.6) is 5.75 Å². The Morgan fingerprint density at radius 1 is 1.12 bits per heavy atom. The van der Waals surface area contributed by atoms with Gasteiger partial charge in [0, 0.05) is 17.6 Å². The van der Waals surface area contributed by atoms with E-state index in [2.05, 4.69) is 23.1 Å². The monoisotopic (exact) mass is 355 g/mol. The van der Waals surface area contributed by atoms with Gasteiger partial charge in [0.1, 0.15) is 5.75 Å². The zero-order valence-corrected chi connectivity index (χ0v) is 15.4. The van der Waals surface area contributed by atoms with E-state index in [1.54, 1.807) is 6.07 Å². The molecule has 2 nitrogen and oxygen atoms in total. The molecule has 2 aromatic rings. The smallest absolute Gasteiger partial charge is 0.115 e. The zero-order chi connectivity index (χ0) is 17.3. The third-order valence-electron chi connectivity index (χ3n) is 6.30. The SMILES string of the molecule is Oc1cccc([C@]23CCC[C@H](C2)N(CCc2ccccc2Cl)CC3)c1. The largest absolute Gasteiger partial charge is 0.508 e. The van der Waals surface area contributed by atoms with Gasteiger partial charge in [-0.2, -0.15) is 0 Å². The first-order valence-corrected chi connectivity index (χ1v) is 9.81. The normalized spacial score (nSPS) is 26.5. The number of piperidine rings is 1. The van der Waals surface area contributed by atoms with E-state index >= 15 is 0 Å². The standard InChI is InChI=1S/C22H26ClNO/c23-21-9-2-1-5-17(21)10-13-24-14-12-22(11-4-7-19(24)16-22)18-6-3-8-20(25)15-18/h1-3,5-6,8-9,15,19,25H,4,7,10-14,16H2/t19-,22+/m1/s1. The number of rotatable bonds is 4. The minimum Gasteiger partial charge on any atom is -0.508 e. The van der Waals surface area contributed by atoms with E-state index in [1.165, 1.54) is 43.2 Å². The zero-order valence-electron chi connectivity index (χ0n) is 14.6. The molecule has 2 atom stereocenters. The van der Waals surface area contributed by atoms with Crippen LogP contribution in [0.4, 0.5) is 0 Å². The van der Waals surface area contributed by atoms with Gasteiger partial charge in [-0.05, 0) is 73.4 Å². The molecular weight excluding hydrogens is 330 g/mol. The van der Waals surface area contributed by atoms with E-state index in [4.69, 9.17) is 11.6 Å². The van der Waals surface area contributed by atoms with Gasteiger partial charge in [0.05, 0.1) is 0 Å². The molecule has 1 aliphatic heterocycles. The molecule has 0 radical (unpaired) electrons. The van der Waals surface area contributed by atoms with Gasteiger partial charge in [-0.3, -0.25) is 4.90 Å². The van der Waals surface area contributed by atoms with Gasteiger partial charge in [0.2, 0.25) is 0 Å². The molecule has 2 fully saturated rings. The lowest BCUT2D eigenvalue weighted by Crippen LogP contribution is -2.52. The highest BCUT2D eigenvalue weighted by atomic mass is 35.5. The summed E-state index contributed by atoms with van der Waals surface area (Å²) in [5.41, 5.74) is 2.86. The van der Waals surface area contributed by atoms with Crippen molar-refractivity contribution in [2.24, 2.45) is 0 Å². The predicted molar refractivity (Wildman–Crippen MR) is 103 cm³/mol. The minimum absolute atomic E-state index is 0.266. The van der Waals surface area contributed by atoms with Crippen molar-refractivity contribution >= 4 is 11.6 Å². The van der Waals surface area contributed by atoms with Gasteiger partial charge in [0.15, 0.2) is 0 Å². The topological polar surface area (TPSA) is 23.5 Å². The number of benzene rings is 2. The van der Waals surface area contributed by atoms with Gasteiger partial charge in [-0.1, -0.05) is 48.4 Å². The summed E-state index contributed by atoms with van der Waals surface area (Å²) in [6.07, 6.45) is 7.26. The number of likely N-dealkylation sites (tertiary alicyclic amines) is 1. The molecule has 2 aromatic carbocycles. The highest BCUT2D eigenvalue weighted by Crippen LogP contribution is 2.47. The van der Waals surface area contributed by atoms with E-state index < -0.39 is 0 Å². The third kappa shape index (κ3) is 3.43. The first kappa shape index (κ1) is 16.9. The van der Waals surface area contributed by atoms with Crippen LogP contribution in [-0.4, -0.2) is 29.1 Å². The average Bonchev–Trinajstić information content (AvgIpc) is 2.63. The van der Waals surface area contributed by atoms with E-state index in [1.807, 2.05) is 24.3 Å². The highest BCUT2D eigenvalue weighted by Gasteiger charge is 2.43. The number of hydrogen-bond donors (Lipinski definition) is 1. The summed E-state index contributed by atoms with van der Waals surface area (Å²) in [5, 5.41) is 10.8. The lowest BCUT2D eigenvalue weighted by Gasteiger charge is -2.51. The molecule has 1 N–H and O–H groups in total. The molecule has 4 rings (SSSR count). The van der Waals surface area contributed by atoms with Crippen molar-refractivity contribution < 1.29 is 5.11 Å². The maximum atomic E-state index is 9.90. The van der Waals surface area contributed by atoms with Crippen molar-refractivity contribution in [2.45, 2.75) is 50.0 Å². The van der Waals surface area contributed by atoms with E-state index in [0.29, 0.717) is 11.8 Å². The molecule has 3 heteroatoms. The number of hydrogen-bond acceptors (Lipinski definition) is 2. The van der Waals surface area contributed by atoms with Crippen LogP contribution in [0, 0.1) is 0 Å². The second-order valence-corrected chi connectivity index (χ2v) is 8.12. The molecule has 1 saturated heterocycles. The van der Waals surface area contributed by atoms with E-state index in [0.717, 1.165) is 24.5 Å². The highest BCUT2D eigenvalue weighted by molar-refractivity contribution is 6.31. The molecule has 2 aliphatic rings. The van der Waals surface area contributed by atoms with Gasteiger partial charge < -0.3 is 5.11 Å². The Morgan fingerprint density at radius 3 is 2.84 bits per heavy atom. The summed E-state index contributed by atoms with van der Waals surface area (Å²) in [4.78, 5) is 2.67. The summed E-state index contributed by atoms with van der Waals surface area (Å²) in [7, 11) is 0. The van der Waals surface area contributed by atoms with E-state index in [9.17, 15) is 5.11 Å². The first-order valence-electron chi connectivity index (χ1n) is 9.43. The number of fused-ring (bicyclic) bond motifs is 2. The van der Waals surface area contributed by atoms with Crippen LogP contribution in [0.3, 0.4) is 0 Å². The number of phenolic OH excluding ortho intramolecular Hbond substituents is 1. The summed E-state index contributed by atoms with van der Waals surface area (Å²) in [6.45, 7) is 2.23. The Kier molecular flexibility index (Phi) is 4.75. The molecule has 25 heavy (non-hydrogen) atoms. The Morgan fingerprint density at radius 2 is 2.00 bits per heavy atom. The van der Waals surface area contributed by atoms with Crippen LogP contribution in [0.2, 0.25) is 5.02 Å². The van der Waals surface area contributed by atoms with Crippen LogP contribution in [0.1, 0.15) is 43.2 Å². The Bertz CT molecular complexity index is 746. The molecule has 0 amide bonds. The minimum atomic E-state index is 0.266. The molecule has 1 aliphatic carbocycles. The molecule has 1 heterocycles. The first-order chi connectivity index (χ1) is 12.2. The van der Waals surface area contributed by atoms with Crippen molar-refractivity contribution in [1.82, 2.24) is 4.90 Å². The lowest BCUT2D eigenvalue weighted by atomic mass is 9.63. The molecular formula is C22H26ClNO. The van der Waals surface area contributed by atoms with Crippen molar-refractivity contribution in [3.8, 4) is 5.75 Å². The number of phenols is 1. The summed E-state index contributed by atoms with van der Waals surface area (Å²) < 4.78 is 0. The molecule has 2 bridgehead atoms.